The second kappa shape index (κ2) is 6.57. The molecule has 0 radical (unpaired) electrons. The average molecular weight is 328 g/mol. The van der Waals surface area contributed by atoms with E-state index >= 15 is 0 Å². The first kappa shape index (κ1) is 15.7. The summed E-state index contributed by atoms with van der Waals surface area (Å²) in [5.41, 5.74) is -0.0188. The summed E-state index contributed by atoms with van der Waals surface area (Å²) in [5, 5.41) is 0. The second-order valence-electron chi connectivity index (χ2n) is 6.89. The topological polar surface area (TPSA) is 47.7 Å². The highest BCUT2D eigenvalue weighted by Crippen LogP contribution is 2.37. The maximum atomic E-state index is 6.17. The van der Waals surface area contributed by atoms with Crippen LogP contribution in [0.25, 0.3) is 0 Å². The summed E-state index contributed by atoms with van der Waals surface area (Å²) in [4.78, 5) is 6.68. The van der Waals surface area contributed by atoms with Gasteiger partial charge >= 0.3 is 0 Å². The first-order chi connectivity index (χ1) is 11.7. The molecule has 0 N–H and O–H groups in total. The van der Waals surface area contributed by atoms with Crippen LogP contribution in [0.15, 0.2) is 40.9 Å². The Labute approximate surface area is 142 Å². The van der Waals surface area contributed by atoms with Gasteiger partial charge in [-0.1, -0.05) is 6.07 Å². The number of nitrogens with zero attached hydrogens (tertiary/aromatic N) is 2. The van der Waals surface area contributed by atoms with Crippen LogP contribution in [0.1, 0.15) is 30.8 Å². The van der Waals surface area contributed by atoms with Crippen LogP contribution in [-0.2, 0) is 11.3 Å². The summed E-state index contributed by atoms with van der Waals surface area (Å²) >= 11 is 0. The van der Waals surface area contributed by atoms with Gasteiger partial charge in [-0.15, -0.1) is 0 Å². The molecule has 0 saturated carbocycles. The molecule has 2 fully saturated rings. The minimum absolute atomic E-state index is 0.0188. The molecule has 2 aromatic rings. The van der Waals surface area contributed by atoms with Crippen LogP contribution >= 0.6 is 0 Å². The van der Waals surface area contributed by atoms with Crippen molar-refractivity contribution >= 4 is 0 Å². The van der Waals surface area contributed by atoms with Crippen molar-refractivity contribution in [1.82, 2.24) is 9.88 Å². The van der Waals surface area contributed by atoms with Gasteiger partial charge in [-0.25, -0.2) is 4.98 Å². The van der Waals surface area contributed by atoms with Crippen LogP contribution in [-0.4, -0.2) is 41.3 Å². The largest absolute Gasteiger partial charge is 0.472 e. The molecule has 2 aliphatic heterocycles. The third kappa shape index (κ3) is 3.47. The van der Waals surface area contributed by atoms with Gasteiger partial charge in [0.1, 0.15) is 17.6 Å². The highest BCUT2D eigenvalue weighted by atomic mass is 16.6. The third-order valence-corrected chi connectivity index (χ3v) is 5.04. The molecule has 4 heterocycles. The van der Waals surface area contributed by atoms with Crippen LogP contribution < -0.4 is 4.74 Å². The number of likely N-dealkylation sites (tertiary alicyclic amines) is 1. The molecule has 5 nitrogen and oxygen atoms in total. The first-order valence-electron chi connectivity index (χ1n) is 8.70. The fraction of sp³-hybridized carbons (Fsp3) is 0.526. The second-order valence-corrected chi connectivity index (χ2v) is 6.89. The molecule has 0 unspecified atom stereocenters. The zero-order valence-electron chi connectivity index (χ0n) is 14.1. The molecule has 0 amide bonds. The van der Waals surface area contributed by atoms with Gasteiger partial charge in [0, 0.05) is 31.8 Å². The predicted octanol–water partition coefficient (Wildman–Crippen LogP) is 3.19. The van der Waals surface area contributed by atoms with Crippen LogP contribution in [0.3, 0.4) is 0 Å². The fourth-order valence-corrected chi connectivity index (χ4v) is 3.72. The number of hydrogen-bond donors (Lipinski definition) is 0. The van der Waals surface area contributed by atoms with Crippen LogP contribution in [0.5, 0.6) is 5.88 Å². The Kier molecular flexibility index (Phi) is 4.29. The lowest BCUT2D eigenvalue weighted by Crippen LogP contribution is -2.44. The zero-order chi connectivity index (χ0) is 16.4. The normalized spacial score (nSPS) is 23.6. The fourth-order valence-electron chi connectivity index (χ4n) is 3.72. The Hall–Kier alpha value is -1.85. The Morgan fingerprint density at radius 2 is 2.12 bits per heavy atom. The van der Waals surface area contributed by atoms with Crippen molar-refractivity contribution in [3.63, 3.8) is 0 Å². The van der Waals surface area contributed by atoms with E-state index in [4.69, 9.17) is 13.9 Å². The number of piperidine rings is 1. The zero-order valence-corrected chi connectivity index (χ0v) is 14.1. The molecular weight excluding hydrogens is 304 g/mol. The van der Waals surface area contributed by atoms with Gasteiger partial charge in [0.2, 0.25) is 5.88 Å². The molecule has 1 atom stereocenters. The van der Waals surface area contributed by atoms with Crippen LogP contribution in [0, 0.1) is 6.92 Å². The molecule has 2 saturated heterocycles. The summed E-state index contributed by atoms with van der Waals surface area (Å²) < 4.78 is 17.8. The van der Waals surface area contributed by atoms with Gasteiger partial charge in [0.15, 0.2) is 0 Å². The van der Waals surface area contributed by atoms with Crippen molar-refractivity contribution in [2.45, 2.75) is 44.4 Å². The lowest BCUT2D eigenvalue weighted by molar-refractivity contribution is -0.0463. The van der Waals surface area contributed by atoms with Gasteiger partial charge in [-0.05, 0) is 38.0 Å². The maximum Gasteiger partial charge on any atom is 0.213 e. The van der Waals surface area contributed by atoms with Crippen molar-refractivity contribution in [2.75, 3.05) is 19.7 Å². The van der Waals surface area contributed by atoms with Crippen LogP contribution in [0.2, 0.25) is 0 Å². The van der Waals surface area contributed by atoms with Gasteiger partial charge in [0.05, 0.1) is 18.8 Å². The van der Waals surface area contributed by atoms with E-state index in [0.29, 0.717) is 12.5 Å². The van der Waals surface area contributed by atoms with E-state index in [9.17, 15) is 0 Å². The van der Waals surface area contributed by atoms with Crippen molar-refractivity contribution < 1.29 is 13.9 Å². The summed E-state index contributed by atoms with van der Waals surface area (Å²) in [6, 6.07) is 9.85. The Morgan fingerprint density at radius 1 is 1.25 bits per heavy atom. The quantitative estimate of drug-likeness (QED) is 0.863. The first-order valence-corrected chi connectivity index (χ1v) is 8.70. The van der Waals surface area contributed by atoms with Gasteiger partial charge in [-0.2, -0.15) is 0 Å². The van der Waals surface area contributed by atoms with Crippen molar-refractivity contribution in [3.8, 4) is 5.88 Å². The number of ether oxygens (including phenoxy) is 2. The summed E-state index contributed by atoms with van der Waals surface area (Å²) in [6.07, 6.45) is 4.93. The molecule has 0 bridgehead atoms. The van der Waals surface area contributed by atoms with Gasteiger partial charge in [-0.3, -0.25) is 4.90 Å². The monoisotopic (exact) mass is 328 g/mol. The molecule has 0 aromatic carbocycles. The predicted molar refractivity (Wildman–Crippen MR) is 89.9 cm³/mol. The van der Waals surface area contributed by atoms with Crippen LogP contribution in [0.4, 0.5) is 0 Å². The molecule has 128 valence electrons. The molecule has 4 rings (SSSR count). The number of aromatic nitrogens is 1. The smallest absolute Gasteiger partial charge is 0.213 e. The van der Waals surface area contributed by atoms with E-state index in [-0.39, 0.29) is 11.7 Å². The lowest BCUT2D eigenvalue weighted by atomic mass is 9.88. The number of aryl methyl sites for hydroxylation is 1. The van der Waals surface area contributed by atoms with Gasteiger partial charge < -0.3 is 13.9 Å². The Balaban J connectivity index is 1.29. The van der Waals surface area contributed by atoms with E-state index in [1.165, 1.54) is 0 Å². The minimum Gasteiger partial charge on any atom is -0.472 e. The van der Waals surface area contributed by atoms with E-state index in [1.807, 2.05) is 31.2 Å². The molecular formula is C19H24N2O3. The number of hydrogen-bond acceptors (Lipinski definition) is 5. The van der Waals surface area contributed by atoms with E-state index in [0.717, 1.165) is 50.4 Å². The standard InChI is InChI=1S/C19H24N2O3/c1-15-5-6-16(23-15)13-21-10-7-19(8-11-21)12-17(14-22-19)24-18-4-2-3-9-20-18/h2-6,9,17H,7-8,10-14H2,1H3/t17-/m0/s1. The lowest BCUT2D eigenvalue weighted by Gasteiger charge is -2.38. The average Bonchev–Trinajstić information content (AvgIpc) is 3.18. The maximum absolute atomic E-state index is 6.17. The van der Waals surface area contributed by atoms with Crippen molar-refractivity contribution in [3.05, 3.63) is 48.0 Å². The van der Waals surface area contributed by atoms with Gasteiger partial charge in [0.25, 0.3) is 0 Å². The Bertz CT molecular complexity index is 662. The molecule has 5 heteroatoms. The molecule has 2 aliphatic rings. The highest BCUT2D eigenvalue weighted by molar-refractivity contribution is 5.10. The summed E-state index contributed by atoms with van der Waals surface area (Å²) in [5.74, 6) is 2.72. The molecule has 0 aliphatic carbocycles. The minimum atomic E-state index is -0.0188. The third-order valence-electron chi connectivity index (χ3n) is 5.04. The summed E-state index contributed by atoms with van der Waals surface area (Å²) in [6.45, 7) is 5.61. The number of rotatable bonds is 4. The molecule has 2 aromatic heterocycles. The molecule has 1 spiro atoms. The van der Waals surface area contributed by atoms with E-state index in [1.54, 1.807) is 6.20 Å². The molecule has 24 heavy (non-hydrogen) atoms. The van der Waals surface area contributed by atoms with E-state index < -0.39 is 0 Å². The number of pyridine rings is 1. The number of furan rings is 1. The SMILES string of the molecule is Cc1ccc(CN2CCC3(CC2)C[C@H](Oc2ccccn2)CO3)o1. The summed E-state index contributed by atoms with van der Waals surface area (Å²) in [7, 11) is 0. The Morgan fingerprint density at radius 3 is 2.83 bits per heavy atom. The van der Waals surface area contributed by atoms with Crippen molar-refractivity contribution in [2.24, 2.45) is 0 Å². The van der Waals surface area contributed by atoms with E-state index in [2.05, 4.69) is 16.0 Å². The van der Waals surface area contributed by atoms with Crippen molar-refractivity contribution in [1.29, 1.82) is 0 Å². The highest BCUT2D eigenvalue weighted by Gasteiger charge is 2.43.